The number of carboxylic acids is 1. The first kappa shape index (κ1) is 15.6. The zero-order chi connectivity index (χ0) is 15.4. The number of rotatable bonds is 6. The molecule has 2 rings (SSSR count). The van der Waals surface area contributed by atoms with Crippen molar-refractivity contribution in [1.29, 1.82) is 0 Å². The van der Waals surface area contributed by atoms with E-state index in [0.717, 1.165) is 10.0 Å². The minimum absolute atomic E-state index is 0.0106. The highest BCUT2D eigenvalue weighted by atomic mass is 79.9. The number of benzene rings is 1. The summed E-state index contributed by atoms with van der Waals surface area (Å²) in [6.45, 7) is 1.61. The number of aliphatic carboxylic acids is 1. The normalized spacial score (nSPS) is 13.8. The van der Waals surface area contributed by atoms with Crippen LogP contribution in [0.1, 0.15) is 25.3 Å². The fraction of sp³-hybridized carbons (Fsp3) is 0.429. The predicted octanol–water partition coefficient (Wildman–Crippen LogP) is 2.09. The van der Waals surface area contributed by atoms with Crippen LogP contribution in [0.15, 0.2) is 16.6 Å². The molecule has 0 radical (unpaired) electrons. The van der Waals surface area contributed by atoms with Gasteiger partial charge in [0.1, 0.15) is 0 Å². The van der Waals surface area contributed by atoms with Crippen LogP contribution in [0.3, 0.4) is 0 Å². The van der Waals surface area contributed by atoms with Crippen LogP contribution in [-0.4, -0.2) is 29.8 Å². The Bertz CT molecular complexity index is 561. The summed E-state index contributed by atoms with van der Waals surface area (Å²) in [5.74, 6) is 0.266. The lowest BCUT2D eigenvalue weighted by atomic mass is 10.0. The molecule has 21 heavy (non-hydrogen) atoms. The van der Waals surface area contributed by atoms with Crippen LogP contribution in [0.4, 0.5) is 0 Å². The lowest BCUT2D eigenvalue weighted by molar-refractivity contribution is -0.137. The Morgan fingerprint density at radius 1 is 1.43 bits per heavy atom. The van der Waals surface area contributed by atoms with E-state index in [-0.39, 0.29) is 25.2 Å². The molecule has 0 aliphatic carbocycles. The number of halogens is 1. The maximum atomic E-state index is 11.2. The van der Waals surface area contributed by atoms with Gasteiger partial charge in [-0.15, -0.1) is 0 Å². The van der Waals surface area contributed by atoms with E-state index in [1.165, 1.54) is 6.92 Å². The monoisotopic (exact) mass is 357 g/mol. The molecule has 1 unspecified atom stereocenters. The van der Waals surface area contributed by atoms with E-state index in [9.17, 15) is 9.59 Å². The molecule has 1 aromatic carbocycles. The maximum Gasteiger partial charge on any atom is 0.303 e. The molecule has 1 aliphatic heterocycles. The Hall–Kier alpha value is -1.76. The van der Waals surface area contributed by atoms with Gasteiger partial charge in [-0.25, -0.2) is 0 Å². The van der Waals surface area contributed by atoms with Gasteiger partial charge in [-0.2, -0.15) is 0 Å². The number of carbonyl (C=O) groups is 2. The van der Waals surface area contributed by atoms with Gasteiger partial charge in [-0.05, 0) is 46.5 Å². The third kappa shape index (κ3) is 4.35. The Balaban J connectivity index is 2.10. The third-order valence-electron chi connectivity index (χ3n) is 3.08. The molecule has 114 valence electrons. The molecule has 0 aromatic heterocycles. The number of hydrogen-bond acceptors (Lipinski definition) is 4. The van der Waals surface area contributed by atoms with E-state index < -0.39 is 5.97 Å². The molecule has 0 saturated heterocycles. The van der Waals surface area contributed by atoms with Crippen LogP contribution in [0.2, 0.25) is 0 Å². The highest BCUT2D eigenvalue weighted by molar-refractivity contribution is 9.10. The average molecular weight is 358 g/mol. The molecular formula is C14H16BrNO5. The zero-order valence-corrected chi connectivity index (χ0v) is 13.1. The number of carbonyl (C=O) groups excluding carboxylic acids is 1. The highest BCUT2D eigenvalue weighted by Crippen LogP contribution is 2.40. The van der Waals surface area contributed by atoms with Crippen molar-refractivity contribution in [2.45, 2.75) is 32.2 Å². The van der Waals surface area contributed by atoms with Crippen LogP contribution in [0.5, 0.6) is 11.5 Å². The minimum Gasteiger partial charge on any atom is -0.481 e. The van der Waals surface area contributed by atoms with E-state index in [0.29, 0.717) is 24.3 Å². The molecule has 0 saturated carbocycles. The lowest BCUT2D eigenvalue weighted by Crippen LogP contribution is -2.35. The molecule has 1 aromatic rings. The first-order valence-corrected chi connectivity index (χ1v) is 7.32. The van der Waals surface area contributed by atoms with Crippen LogP contribution >= 0.6 is 15.9 Å². The summed E-state index contributed by atoms with van der Waals surface area (Å²) in [5, 5.41) is 11.6. The summed E-state index contributed by atoms with van der Waals surface area (Å²) in [7, 11) is 0. The molecule has 7 heteroatoms. The average Bonchev–Trinajstić information content (AvgIpc) is 2.84. The van der Waals surface area contributed by atoms with Gasteiger partial charge >= 0.3 is 5.97 Å². The van der Waals surface area contributed by atoms with E-state index in [1.54, 1.807) is 0 Å². The van der Waals surface area contributed by atoms with Crippen LogP contribution in [0.25, 0.3) is 0 Å². The summed E-state index contributed by atoms with van der Waals surface area (Å²) in [4.78, 5) is 21.9. The van der Waals surface area contributed by atoms with Crippen LogP contribution in [0, 0.1) is 0 Å². The largest absolute Gasteiger partial charge is 0.481 e. The van der Waals surface area contributed by atoms with Crippen molar-refractivity contribution in [2.75, 3.05) is 6.79 Å². The van der Waals surface area contributed by atoms with E-state index in [4.69, 9.17) is 14.6 Å². The van der Waals surface area contributed by atoms with Crippen molar-refractivity contribution in [1.82, 2.24) is 5.32 Å². The number of fused-ring (bicyclic) bond motifs is 1. The number of hydrogen-bond donors (Lipinski definition) is 2. The standard InChI is InChI=1S/C14H16BrNO5/c1-8(17)16-10(2-3-13(18)19)4-9-5-11(15)14-12(6-9)20-7-21-14/h5-6,10H,2-4,7H2,1H3,(H,16,17)(H,18,19). The van der Waals surface area contributed by atoms with Crippen LogP contribution in [-0.2, 0) is 16.0 Å². The first-order chi connectivity index (χ1) is 9.95. The Kier molecular flexibility index (Phi) is 5.06. The maximum absolute atomic E-state index is 11.2. The molecular weight excluding hydrogens is 342 g/mol. The van der Waals surface area contributed by atoms with Gasteiger partial charge in [-0.3, -0.25) is 9.59 Å². The summed E-state index contributed by atoms with van der Waals surface area (Å²) >= 11 is 3.41. The minimum atomic E-state index is -0.878. The van der Waals surface area contributed by atoms with E-state index in [2.05, 4.69) is 21.2 Å². The molecule has 1 atom stereocenters. The van der Waals surface area contributed by atoms with Gasteiger partial charge in [0.05, 0.1) is 4.47 Å². The quantitative estimate of drug-likeness (QED) is 0.814. The van der Waals surface area contributed by atoms with Crippen molar-refractivity contribution in [3.05, 3.63) is 22.2 Å². The molecule has 1 amide bonds. The van der Waals surface area contributed by atoms with Crippen molar-refractivity contribution >= 4 is 27.8 Å². The molecule has 0 bridgehead atoms. The van der Waals surface area contributed by atoms with Crippen molar-refractivity contribution in [2.24, 2.45) is 0 Å². The smallest absolute Gasteiger partial charge is 0.303 e. The zero-order valence-electron chi connectivity index (χ0n) is 11.5. The second-order valence-electron chi connectivity index (χ2n) is 4.85. The summed E-state index contributed by atoms with van der Waals surface area (Å²) in [5.41, 5.74) is 0.940. The highest BCUT2D eigenvalue weighted by Gasteiger charge is 2.20. The van der Waals surface area contributed by atoms with Gasteiger partial charge in [0, 0.05) is 19.4 Å². The molecule has 2 N–H and O–H groups in total. The Morgan fingerprint density at radius 3 is 2.86 bits per heavy atom. The predicted molar refractivity (Wildman–Crippen MR) is 78.4 cm³/mol. The Morgan fingerprint density at radius 2 is 2.19 bits per heavy atom. The Labute approximate surface area is 130 Å². The van der Waals surface area contributed by atoms with E-state index >= 15 is 0 Å². The van der Waals surface area contributed by atoms with Crippen molar-refractivity contribution in [3.63, 3.8) is 0 Å². The fourth-order valence-electron chi connectivity index (χ4n) is 2.23. The molecule has 1 aliphatic rings. The summed E-state index contributed by atoms with van der Waals surface area (Å²) in [6, 6.07) is 3.51. The van der Waals surface area contributed by atoms with Gasteiger partial charge in [0.25, 0.3) is 0 Å². The van der Waals surface area contributed by atoms with Crippen molar-refractivity contribution < 1.29 is 24.2 Å². The van der Waals surface area contributed by atoms with Gasteiger partial charge < -0.3 is 19.9 Å². The second-order valence-corrected chi connectivity index (χ2v) is 5.70. The van der Waals surface area contributed by atoms with Crippen molar-refractivity contribution in [3.8, 4) is 11.5 Å². The topological polar surface area (TPSA) is 84.9 Å². The first-order valence-electron chi connectivity index (χ1n) is 6.52. The van der Waals surface area contributed by atoms with E-state index in [1.807, 2.05) is 12.1 Å². The van der Waals surface area contributed by atoms with Crippen LogP contribution < -0.4 is 14.8 Å². The second kappa shape index (κ2) is 6.80. The summed E-state index contributed by atoms with van der Waals surface area (Å²) in [6.07, 6.45) is 0.916. The number of amides is 1. The van der Waals surface area contributed by atoms with Gasteiger partial charge in [-0.1, -0.05) is 0 Å². The van der Waals surface area contributed by atoms with Gasteiger partial charge in [0.2, 0.25) is 12.7 Å². The number of nitrogens with one attached hydrogen (secondary N) is 1. The fourth-order valence-corrected chi connectivity index (χ4v) is 2.84. The lowest BCUT2D eigenvalue weighted by Gasteiger charge is -2.17. The molecule has 6 nitrogen and oxygen atoms in total. The molecule has 0 fully saturated rings. The number of ether oxygens (including phenoxy) is 2. The summed E-state index contributed by atoms with van der Waals surface area (Å²) < 4.78 is 11.4. The molecule has 0 spiro atoms. The number of carboxylic acid groups (broad SMARTS) is 1. The molecule has 1 heterocycles. The SMILES string of the molecule is CC(=O)NC(CCC(=O)O)Cc1cc(Br)c2c(c1)OCO2. The van der Waals surface area contributed by atoms with Gasteiger partial charge in [0.15, 0.2) is 11.5 Å². The third-order valence-corrected chi connectivity index (χ3v) is 3.67.